The van der Waals surface area contributed by atoms with Gasteiger partial charge >= 0.3 is 5.97 Å². The zero-order valence-electron chi connectivity index (χ0n) is 9.06. The van der Waals surface area contributed by atoms with Gasteiger partial charge in [0.25, 0.3) is 0 Å². The molecule has 1 unspecified atom stereocenters. The Bertz CT molecular complexity index is 376. The molecule has 15 heavy (non-hydrogen) atoms. The van der Waals surface area contributed by atoms with Crippen LogP contribution in [0.5, 0.6) is 0 Å². The Balaban J connectivity index is 2.15. The van der Waals surface area contributed by atoms with Crippen LogP contribution >= 0.6 is 0 Å². The summed E-state index contributed by atoms with van der Waals surface area (Å²) in [5.41, 5.74) is 1.45. The predicted molar refractivity (Wildman–Crippen MR) is 56.7 cm³/mol. The van der Waals surface area contributed by atoms with Crippen molar-refractivity contribution in [3.05, 3.63) is 29.6 Å². The third kappa shape index (κ3) is 2.17. The lowest BCUT2D eigenvalue weighted by molar-refractivity contribution is 0.0519. The van der Waals surface area contributed by atoms with Crippen molar-refractivity contribution in [3.8, 4) is 0 Å². The molecule has 0 spiro atoms. The largest absolute Gasteiger partial charge is 0.461 e. The van der Waals surface area contributed by atoms with Gasteiger partial charge in [-0.15, -0.1) is 0 Å². The minimum Gasteiger partial charge on any atom is -0.461 e. The monoisotopic (exact) mass is 205 g/mol. The molecule has 2 rings (SSSR count). The van der Waals surface area contributed by atoms with Gasteiger partial charge in [-0.2, -0.15) is 0 Å². The fourth-order valence-electron chi connectivity index (χ4n) is 1.71. The standard InChI is InChI=1S/C12H15NO2/c1-3-15-12(14)11-6-4-5-10(13-11)9-7-8(9)2/h4-6,8-9H,3,7H2,1-2H3/t8?,9-/m0/s1. The highest BCUT2D eigenvalue weighted by molar-refractivity contribution is 5.87. The summed E-state index contributed by atoms with van der Waals surface area (Å²) < 4.78 is 4.91. The Kier molecular flexibility index (Phi) is 2.71. The first-order chi connectivity index (χ1) is 7.22. The number of hydrogen-bond acceptors (Lipinski definition) is 3. The molecule has 1 aliphatic rings. The van der Waals surface area contributed by atoms with E-state index in [1.807, 2.05) is 12.1 Å². The Morgan fingerprint density at radius 1 is 1.60 bits per heavy atom. The van der Waals surface area contributed by atoms with Crippen LogP contribution in [-0.2, 0) is 4.74 Å². The molecule has 2 atom stereocenters. The van der Waals surface area contributed by atoms with Gasteiger partial charge in [0.2, 0.25) is 0 Å². The van der Waals surface area contributed by atoms with Crippen molar-refractivity contribution in [2.24, 2.45) is 5.92 Å². The molecular formula is C12H15NO2. The van der Waals surface area contributed by atoms with Crippen molar-refractivity contribution in [2.45, 2.75) is 26.2 Å². The van der Waals surface area contributed by atoms with Crippen molar-refractivity contribution >= 4 is 5.97 Å². The quantitative estimate of drug-likeness (QED) is 0.711. The second-order valence-corrected chi connectivity index (χ2v) is 3.99. The number of pyridine rings is 1. The Morgan fingerprint density at radius 3 is 2.93 bits per heavy atom. The molecular weight excluding hydrogens is 190 g/mol. The van der Waals surface area contributed by atoms with E-state index in [-0.39, 0.29) is 5.97 Å². The number of aromatic nitrogens is 1. The zero-order chi connectivity index (χ0) is 10.8. The van der Waals surface area contributed by atoms with Crippen molar-refractivity contribution in [1.29, 1.82) is 0 Å². The van der Waals surface area contributed by atoms with Gasteiger partial charge in [0.1, 0.15) is 5.69 Å². The fraction of sp³-hybridized carbons (Fsp3) is 0.500. The maximum Gasteiger partial charge on any atom is 0.356 e. The molecule has 0 radical (unpaired) electrons. The molecule has 0 aliphatic heterocycles. The summed E-state index contributed by atoms with van der Waals surface area (Å²) in [5.74, 6) is 0.918. The smallest absolute Gasteiger partial charge is 0.356 e. The zero-order valence-corrected chi connectivity index (χ0v) is 9.06. The molecule has 1 aromatic heterocycles. The molecule has 0 amide bonds. The van der Waals surface area contributed by atoms with Crippen LogP contribution in [0.1, 0.15) is 42.4 Å². The van der Waals surface area contributed by atoms with Crippen LogP contribution in [0.4, 0.5) is 0 Å². The molecule has 1 aliphatic carbocycles. The summed E-state index contributed by atoms with van der Waals surface area (Å²) in [6.45, 7) is 4.39. The fourth-order valence-corrected chi connectivity index (χ4v) is 1.71. The first kappa shape index (κ1) is 10.1. The first-order valence-electron chi connectivity index (χ1n) is 5.36. The average molecular weight is 205 g/mol. The molecule has 1 aromatic rings. The van der Waals surface area contributed by atoms with E-state index in [4.69, 9.17) is 4.74 Å². The molecule has 0 bridgehead atoms. The van der Waals surface area contributed by atoms with Gasteiger partial charge in [-0.1, -0.05) is 13.0 Å². The molecule has 0 aromatic carbocycles. The number of nitrogens with zero attached hydrogens (tertiary/aromatic N) is 1. The highest BCUT2D eigenvalue weighted by Gasteiger charge is 2.35. The summed E-state index contributed by atoms with van der Waals surface area (Å²) in [4.78, 5) is 15.8. The van der Waals surface area contributed by atoms with Gasteiger partial charge in [-0.25, -0.2) is 9.78 Å². The van der Waals surface area contributed by atoms with Gasteiger partial charge in [0.05, 0.1) is 6.61 Å². The van der Waals surface area contributed by atoms with Crippen molar-refractivity contribution in [1.82, 2.24) is 4.98 Å². The Morgan fingerprint density at radius 2 is 2.33 bits per heavy atom. The topological polar surface area (TPSA) is 39.2 Å². The van der Waals surface area contributed by atoms with Gasteiger partial charge in [-0.05, 0) is 31.4 Å². The van der Waals surface area contributed by atoms with Crippen molar-refractivity contribution in [2.75, 3.05) is 6.61 Å². The highest BCUT2D eigenvalue weighted by Crippen LogP contribution is 2.45. The summed E-state index contributed by atoms with van der Waals surface area (Å²) in [6, 6.07) is 5.56. The molecule has 3 heteroatoms. The number of carbonyl (C=O) groups is 1. The third-order valence-corrected chi connectivity index (χ3v) is 2.74. The summed E-state index contributed by atoms with van der Waals surface area (Å²) in [7, 11) is 0. The second kappa shape index (κ2) is 4.01. The third-order valence-electron chi connectivity index (χ3n) is 2.74. The average Bonchev–Trinajstić information content (AvgIpc) is 2.96. The van der Waals surface area contributed by atoms with Gasteiger partial charge in [0, 0.05) is 11.6 Å². The van der Waals surface area contributed by atoms with Crippen LogP contribution in [0, 0.1) is 5.92 Å². The minimum absolute atomic E-state index is 0.326. The van der Waals surface area contributed by atoms with E-state index in [2.05, 4.69) is 11.9 Å². The maximum atomic E-state index is 11.4. The lowest BCUT2D eigenvalue weighted by Gasteiger charge is -2.03. The SMILES string of the molecule is CCOC(=O)c1cccc([C@H]2CC2C)n1. The molecule has 80 valence electrons. The van der Waals surface area contributed by atoms with Crippen LogP contribution in [0.3, 0.4) is 0 Å². The van der Waals surface area contributed by atoms with Crippen molar-refractivity contribution < 1.29 is 9.53 Å². The number of carbonyl (C=O) groups excluding carboxylic acids is 1. The first-order valence-corrected chi connectivity index (χ1v) is 5.36. The van der Waals surface area contributed by atoms with Gasteiger partial charge in [-0.3, -0.25) is 0 Å². The molecule has 0 saturated heterocycles. The molecule has 1 fully saturated rings. The van der Waals surface area contributed by atoms with E-state index in [0.717, 1.165) is 5.69 Å². The molecule has 1 saturated carbocycles. The van der Waals surface area contributed by atoms with Crippen LogP contribution < -0.4 is 0 Å². The van der Waals surface area contributed by atoms with E-state index >= 15 is 0 Å². The summed E-state index contributed by atoms with van der Waals surface area (Å²) >= 11 is 0. The predicted octanol–water partition coefficient (Wildman–Crippen LogP) is 2.38. The van der Waals surface area contributed by atoms with Crippen LogP contribution in [0.2, 0.25) is 0 Å². The summed E-state index contributed by atoms with van der Waals surface area (Å²) in [5, 5.41) is 0. The lowest BCUT2D eigenvalue weighted by atomic mass is 10.2. The number of ether oxygens (including phenoxy) is 1. The van der Waals surface area contributed by atoms with Crippen molar-refractivity contribution in [3.63, 3.8) is 0 Å². The van der Waals surface area contributed by atoms with E-state index in [1.54, 1.807) is 13.0 Å². The molecule has 3 nitrogen and oxygen atoms in total. The summed E-state index contributed by atoms with van der Waals surface area (Å²) in [6.07, 6.45) is 1.18. The number of rotatable bonds is 3. The normalized spacial score (nSPS) is 23.6. The molecule has 1 heterocycles. The number of esters is 1. The molecule has 0 N–H and O–H groups in total. The lowest BCUT2D eigenvalue weighted by Crippen LogP contribution is -2.08. The van der Waals surface area contributed by atoms with Crippen LogP contribution in [0.25, 0.3) is 0 Å². The van der Waals surface area contributed by atoms with E-state index in [1.165, 1.54) is 6.42 Å². The van der Waals surface area contributed by atoms with E-state index in [9.17, 15) is 4.79 Å². The minimum atomic E-state index is -0.326. The van der Waals surface area contributed by atoms with E-state index < -0.39 is 0 Å². The van der Waals surface area contributed by atoms with E-state index in [0.29, 0.717) is 24.1 Å². The Hall–Kier alpha value is -1.38. The van der Waals surface area contributed by atoms with Crippen LogP contribution in [-0.4, -0.2) is 17.6 Å². The maximum absolute atomic E-state index is 11.4. The van der Waals surface area contributed by atoms with Crippen LogP contribution in [0.15, 0.2) is 18.2 Å². The van der Waals surface area contributed by atoms with Gasteiger partial charge < -0.3 is 4.74 Å². The number of hydrogen-bond donors (Lipinski definition) is 0. The highest BCUT2D eigenvalue weighted by atomic mass is 16.5. The second-order valence-electron chi connectivity index (χ2n) is 3.99. The Labute approximate surface area is 89.5 Å². The van der Waals surface area contributed by atoms with Gasteiger partial charge in [0.15, 0.2) is 0 Å².